The molecular formula is C16H27N3S. The third-order valence-electron chi connectivity index (χ3n) is 4.64. The van der Waals surface area contributed by atoms with Crippen molar-refractivity contribution in [2.45, 2.75) is 59.2 Å². The van der Waals surface area contributed by atoms with Crippen LogP contribution >= 0.6 is 11.3 Å². The van der Waals surface area contributed by atoms with Gasteiger partial charge in [0.1, 0.15) is 5.01 Å². The molecule has 1 aromatic heterocycles. The normalized spacial score (nSPS) is 28.8. The Morgan fingerprint density at radius 3 is 2.70 bits per heavy atom. The van der Waals surface area contributed by atoms with E-state index in [1.807, 2.05) is 11.3 Å². The van der Waals surface area contributed by atoms with Crippen molar-refractivity contribution in [2.24, 2.45) is 11.3 Å². The SMILES string of the molecule is Cc1csc(CN2CC(C3CC3)NCC2C(C)(C)C)n1. The van der Waals surface area contributed by atoms with E-state index in [0.717, 1.165) is 24.7 Å². The van der Waals surface area contributed by atoms with Crippen LogP contribution < -0.4 is 5.32 Å². The summed E-state index contributed by atoms with van der Waals surface area (Å²) in [7, 11) is 0. The van der Waals surface area contributed by atoms with E-state index >= 15 is 0 Å². The summed E-state index contributed by atoms with van der Waals surface area (Å²) < 4.78 is 0. The van der Waals surface area contributed by atoms with Gasteiger partial charge in [0.15, 0.2) is 0 Å². The minimum Gasteiger partial charge on any atom is -0.311 e. The van der Waals surface area contributed by atoms with Crippen molar-refractivity contribution in [2.75, 3.05) is 13.1 Å². The maximum atomic E-state index is 4.66. The van der Waals surface area contributed by atoms with Crippen LogP contribution in [0.4, 0.5) is 0 Å². The number of nitrogens with zero attached hydrogens (tertiary/aromatic N) is 2. The second-order valence-corrected chi connectivity index (χ2v) is 8.49. The van der Waals surface area contributed by atoms with E-state index in [1.165, 1.54) is 24.4 Å². The molecule has 4 heteroatoms. The summed E-state index contributed by atoms with van der Waals surface area (Å²) in [4.78, 5) is 7.34. The fourth-order valence-electron chi connectivity index (χ4n) is 3.33. The van der Waals surface area contributed by atoms with Crippen LogP contribution in [-0.2, 0) is 6.54 Å². The lowest BCUT2D eigenvalue weighted by molar-refractivity contribution is 0.0449. The van der Waals surface area contributed by atoms with Gasteiger partial charge in [-0.15, -0.1) is 11.3 Å². The fraction of sp³-hybridized carbons (Fsp3) is 0.812. The van der Waals surface area contributed by atoms with Crippen LogP contribution in [0.15, 0.2) is 5.38 Å². The molecule has 3 nitrogen and oxygen atoms in total. The predicted molar refractivity (Wildman–Crippen MR) is 85.0 cm³/mol. The molecule has 0 spiro atoms. The van der Waals surface area contributed by atoms with E-state index in [0.29, 0.717) is 17.5 Å². The van der Waals surface area contributed by atoms with E-state index in [9.17, 15) is 0 Å². The van der Waals surface area contributed by atoms with Gasteiger partial charge in [0, 0.05) is 36.2 Å². The molecule has 0 bridgehead atoms. The minimum absolute atomic E-state index is 0.313. The van der Waals surface area contributed by atoms with Crippen LogP contribution in [0.5, 0.6) is 0 Å². The molecule has 3 rings (SSSR count). The maximum Gasteiger partial charge on any atom is 0.107 e. The molecule has 2 aliphatic rings. The van der Waals surface area contributed by atoms with Gasteiger partial charge >= 0.3 is 0 Å². The lowest BCUT2D eigenvalue weighted by Gasteiger charge is -2.46. The van der Waals surface area contributed by atoms with Gasteiger partial charge in [-0.25, -0.2) is 4.98 Å². The zero-order valence-corrected chi connectivity index (χ0v) is 14.0. The molecule has 2 unspecified atom stereocenters. The summed E-state index contributed by atoms with van der Waals surface area (Å²) >= 11 is 1.81. The van der Waals surface area contributed by atoms with Crippen molar-refractivity contribution in [1.29, 1.82) is 0 Å². The molecule has 20 heavy (non-hydrogen) atoms. The van der Waals surface area contributed by atoms with Crippen molar-refractivity contribution >= 4 is 11.3 Å². The number of nitrogens with one attached hydrogen (secondary N) is 1. The first-order chi connectivity index (χ1) is 9.43. The molecule has 1 N–H and O–H groups in total. The van der Waals surface area contributed by atoms with Gasteiger partial charge in [0.05, 0.1) is 6.54 Å². The number of thiazole rings is 1. The van der Waals surface area contributed by atoms with E-state index in [1.54, 1.807) is 0 Å². The summed E-state index contributed by atoms with van der Waals surface area (Å²) in [6.45, 7) is 12.5. The number of aryl methyl sites for hydroxylation is 1. The topological polar surface area (TPSA) is 28.2 Å². The summed E-state index contributed by atoms with van der Waals surface area (Å²) in [5, 5.41) is 7.24. The third-order valence-corrected chi connectivity index (χ3v) is 5.59. The van der Waals surface area contributed by atoms with Crippen LogP contribution in [0.3, 0.4) is 0 Å². The molecule has 2 heterocycles. The molecule has 0 aromatic carbocycles. The Labute approximate surface area is 126 Å². The van der Waals surface area contributed by atoms with Crippen molar-refractivity contribution < 1.29 is 0 Å². The fourth-order valence-corrected chi connectivity index (χ4v) is 4.12. The Bertz CT molecular complexity index is 459. The highest BCUT2D eigenvalue weighted by Crippen LogP contribution is 2.36. The monoisotopic (exact) mass is 293 g/mol. The number of piperazine rings is 1. The van der Waals surface area contributed by atoms with Crippen molar-refractivity contribution in [1.82, 2.24) is 15.2 Å². The molecule has 1 aromatic rings. The average molecular weight is 293 g/mol. The molecule has 1 saturated carbocycles. The third kappa shape index (κ3) is 3.23. The van der Waals surface area contributed by atoms with Crippen molar-refractivity contribution in [3.63, 3.8) is 0 Å². The Morgan fingerprint density at radius 1 is 1.40 bits per heavy atom. The van der Waals surface area contributed by atoms with Gasteiger partial charge in [-0.3, -0.25) is 4.90 Å². The molecule has 0 radical (unpaired) electrons. The standard InChI is InChI=1S/C16H27N3S/c1-11-10-20-15(18-11)9-19-8-13(12-5-6-12)17-7-14(19)16(2,3)4/h10,12-14,17H,5-9H2,1-4H3. The summed E-state index contributed by atoms with van der Waals surface area (Å²) in [5.41, 5.74) is 1.47. The van der Waals surface area contributed by atoms with E-state index < -0.39 is 0 Å². The van der Waals surface area contributed by atoms with E-state index in [4.69, 9.17) is 0 Å². The molecule has 2 atom stereocenters. The molecule has 2 fully saturated rings. The van der Waals surface area contributed by atoms with Crippen LogP contribution in [0, 0.1) is 18.3 Å². The summed E-state index contributed by atoms with van der Waals surface area (Å²) in [6.07, 6.45) is 2.84. The second kappa shape index (κ2) is 5.39. The predicted octanol–water partition coefficient (Wildman–Crippen LogP) is 3.05. The minimum atomic E-state index is 0.313. The Balaban J connectivity index is 1.73. The van der Waals surface area contributed by atoms with Crippen LogP contribution in [0.1, 0.15) is 44.3 Å². The maximum absolute atomic E-state index is 4.66. The largest absolute Gasteiger partial charge is 0.311 e. The molecule has 1 aliphatic heterocycles. The highest BCUT2D eigenvalue weighted by atomic mass is 32.1. The highest BCUT2D eigenvalue weighted by Gasteiger charge is 2.40. The molecule has 1 saturated heterocycles. The van der Waals surface area contributed by atoms with Gasteiger partial charge in [0.2, 0.25) is 0 Å². The first-order valence-corrected chi connectivity index (χ1v) is 8.70. The number of aromatic nitrogens is 1. The van der Waals surface area contributed by atoms with Crippen LogP contribution in [0.2, 0.25) is 0 Å². The highest BCUT2D eigenvalue weighted by molar-refractivity contribution is 7.09. The van der Waals surface area contributed by atoms with Gasteiger partial charge < -0.3 is 5.32 Å². The number of hydrogen-bond acceptors (Lipinski definition) is 4. The first-order valence-electron chi connectivity index (χ1n) is 7.82. The number of hydrogen-bond donors (Lipinski definition) is 1. The smallest absolute Gasteiger partial charge is 0.107 e. The van der Waals surface area contributed by atoms with Gasteiger partial charge in [-0.05, 0) is 31.1 Å². The van der Waals surface area contributed by atoms with Crippen LogP contribution in [-0.4, -0.2) is 35.1 Å². The summed E-state index contributed by atoms with van der Waals surface area (Å²) in [5.74, 6) is 0.927. The van der Waals surface area contributed by atoms with E-state index in [2.05, 4.69) is 48.3 Å². The zero-order chi connectivity index (χ0) is 14.3. The Hall–Kier alpha value is -0.450. The lowest BCUT2D eigenvalue weighted by atomic mass is 9.83. The molecular weight excluding hydrogens is 266 g/mol. The van der Waals surface area contributed by atoms with Crippen molar-refractivity contribution in [3.8, 4) is 0 Å². The molecule has 1 aliphatic carbocycles. The Kier molecular flexibility index (Phi) is 3.91. The van der Waals surface area contributed by atoms with Gasteiger partial charge in [-0.2, -0.15) is 0 Å². The lowest BCUT2D eigenvalue weighted by Crippen LogP contribution is -2.60. The number of rotatable bonds is 3. The summed E-state index contributed by atoms with van der Waals surface area (Å²) in [6, 6.07) is 1.30. The van der Waals surface area contributed by atoms with Crippen LogP contribution in [0.25, 0.3) is 0 Å². The Morgan fingerprint density at radius 2 is 2.15 bits per heavy atom. The quantitative estimate of drug-likeness (QED) is 0.928. The first kappa shape index (κ1) is 14.5. The van der Waals surface area contributed by atoms with E-state index in [-0.39, 0.29) is 0 Å². The van der Waals surface area contributed by atoms with Gasteiger partial charge in [0.25, 0.3) is 0 Å². The molecule has 112 valence electrons. The molecule has 0 amide bonds. The average Bonchev–Trinajstić information content (AvgIpc) is 3.13. The second-order valence-electron chi connectivity index (χ2n) is 7.55. The van der Waals surface area contributed by atoms with Crippen molar-refractivity contribution in [3.05, 3.63) is 16.1 Å². The van der Waals surface area contributed by atoms with Gasteiger partial charge in [-0.1, -0.05) is 20.8 Å². The zero-order valence-electron chi connectivity index (χ0n) is 13.1.